The fourth-order valence-electron chi connectivity index (χ4n) is 0.352. The summed E-state index contributed by atoms with van der Waals surface area (Å²) < 4.78 is 35.6. The van der Waals surface area contributed by atoms with Crippen LogP contribution in [-0.4, -0.2) is 17.5 Å². The highest BCUT2D eigenvalue weighted by atomic mass is 19.4. The Morgan fingerprint density at radius 1 is 1.55 bits per heavy atom. The van der Waals surface area contributed by atoms with E-state index in [0.717, 1.165) is 0 Å². The minimum atomic E-state index is -4.72. The van der Waals surface area contributed by atoms with Crippen LogP contribution in [0.1, 0.15) is 6.92 Å². The van der Waals surface area contributed by atoms with Crippen LogP contribution in [-0.2, 0) is 4.79 Å². The van der Waals surface area contributed by atoms with Crippen molar-refractivity contribution in [2.75, 3.05) is 0 Å². The molecule has 0 bridgehead atoms. The van der Waals surface area contributed by atoms with Gasteiger partial charge in [-0.2, -0.15) is 13.2 Å². The summed E-state index contributed by atoms with van der Waals surface area (Å²) in [5, 5.41) is 0. The third-order valence-electron chi connectivity index (χ3n) is 1.29. The van der Waals surface area contributed by atoms with Crippen molar-refractivity contribution in [3.63, 3.8) is 0 Å². The van der Waals surface area contributed by atoms with Crippen LogP contribution in [0.15, 0.2) is 12.7 Å². The van der Waals surface area contributed by atoms with Crippen molar-refractivity contribution in [2.45, 2.75) is 18.6 Å². The lowest BCUT2D eigenvalue weighted by Crippen LogP contribution is -2.56. The van der Waals surface area contributed by atoms with E-state index >= 15 is 0 Å². The number of nitrogens with two attached hydrogens (primary N) is 1. The standard InChI is InChI=1S/C6H8F3NO/c1-3-4(11)5(2,10)6(7,8)9/h3H,1,10H2,2H3. The van der Waals surface area contributed by atoms with E-state index < -0.39 is 17.5 Å². The van der Waals surface area contributed by atoms with E-state index in [2.05, 4.69) is 6.58 Å². The quantitative estimate of drug-likeness (QED) is 0.624. The van der Waals surface area contributed by atoms with Crippen LogP contribution in [0.4, 0.5) is 13.2 Å². The molecule has 2 N–H and O–H groups in total. The van der Waals surface area contributed by atoms with Crippen molar-refractivity contribution in [2.24, 2.45) is 5.73 Å². The third kappa shape index (κ3) is 1.80. The second kappa shape index (κ2) is 2.65. The van der Waals surface area contributed by atoms with Crippen molar-refractivity contribution in [1.82, 2.24) is 0 Å². The zero-order valence-electron chi connectivity index (χ0n) is 5.90. The predicted octanol–water partition coefficient (Wildman–Crippen LogP) is 1.02. The first-order chi connectivity index (χ1) is 4.73. The summed E-state index contributed by atoms with van der Waals surface area (Å²) in [7, 11) is 0. The summed E-state index contributed by atoms with van der Waals surface area (Å²) in [5.41, 5.74) is 1.89. The monoisotopic (exact) mass is 167 g/mol. The van der Waals surface area contributed by atoms with Crippen LogP contribution in [0, 0.1) is 0 Å². The molecule has 0 aliphatic rings. The van der Waals surface area contributed by atoms with Crippen molar-refractivity contribution >= 4 is 5.78 Å². The highest BCUT2D eigenvalue weighted by Gasteiger charge is 2.52. The van der Waals surface area contributed by atoms with Gasteiger partial charge in [-0.15, -0.1) is 0 Å². The second-order valence-corrected chi connectivity index (χ2v) is 2.27. The van der Waals surface area contributed by atoms with Crippen molar-refractivity contribution in [3.8, 4) is 0 Å². The maximum atomic E-state index is 11.9. The van der Waals surface area contributed by atoms with Gasteiger partial charge in [-0.3, -0.25) is 4.79 Å². The van der Waals surface area contributed by atoms with Crippen LogP contribution in [0.3, 0.4) is 0 Å². The molecule has 0 aromatic carbocycles. The van der Waals surface area contributed by atoms with E-state index in [4.69, 9.17) is 5.73 Å². The van der Waals surface area contributed by atoms with Gasteiger partial charge in [-0.1, -0.05) is 6.58 Å². The largest absolute Gasteiger partial charge is 0.413 e. The number of carbonyl (C=O) groups excluding carboxylic acids is 1. The molecule has 11 heavy (non-hydrogen) atoms. The van der Waals surface area contributed by atoms with Crippen LogP contribution in [0.2, 0.25) is 0 Å². The smallest absolute Gasteiger partial charge is 0.311 e. The predicted molar refractivity (Wildman–Crippen MR) is 33.9 cm³/mol. The summed E-state index contributed by atoms with van der Waals surface area (Å²) in [6.07, 6.45) is -4.16. The molecule has 0 aromatic heterocycles. The zero-order valence-corrected chi connectivity index (χ0v) is 5.90. The molecule has 0 spiro atoms. The summed E-state index contributed by atoms with van der Waals surface area (Å²) in [5.74, 6) is -1.23. The fourth-order valence-corrected chi connectivity index (χ4v) is 0.352. The van der Waals surface area contributed by atoms with Gasteiger partial charge in [0.05, 0.1) is 0 Å². The molecule has 0 amide bonds. The van der Waals surface area contributed by atoms with Crippen LogP contribution < -0.4 is 5.73 Å². The normalized spacial score (nSPS) is 17.2. The van der Waals surface area contributed by atoms with Gasteiger partial charge in [0.15, 0.2) is 11.3 Å². The van der Waals surface area contributed by atoms with Crippen LogP contribution in [0.5, 0.6) is 0 Å². The van der Waals surface area contributed by atoms with E-state index in [1.165, 1.54) is 0 Å². The number of ketones is 1. The van der Waals surface area contributed by atoms with E-state index in [1.807, 2.05) is 0 Å². The highest BCUT2D eigenvalue weighted by Crippen LogP contribution is 2.28. The Balaban J connectivity index is 4.73. The second-order valence-electron chi connectivity index (χ2n) is 2.27. The summed E-state index contributed by atoms with van der Waals surface area (Å²) in [4.78, 5) is 10.5. The molecule has 0 saturated carbocycles. The zero-order chi connectivity index (χ0) is 9.28. The van der Waals surface area contributed by atoms with Gasteiger partial charge in [0.1, 0.15) is 0 Å². The molecule has 2 nitrogen and oxygen atoms in total. The van der Waals surface area contributed by atoms with Crippen LogP contribution in [0.25, 0.3) is 0 Å². The molecule has 0 saturated heterocycles. The Labute approximate surface area is 61.9 Å². The van der Waals surface area contributed by atoms with Gasteiger partial charge < -0.3 is 5.73 Å². The van der Waals surface area contributed by atoms with E-state index in [-0.39, 0.29) is 0 Å². The summed E-state index contributed by atoms with van der Waals surface area (Å²) >= 11 is 0. The van der Waals surface area contributed by atoms with Gasteiger partial charge in [-0.25, -0.2) is 0 Å². The molecule has 5 heteroatoms. The van der Waals surface area contributed by atoms with E-state index in [9.17, 15) is 18.0 Å². The number of rotatable bonds is 2. The average molecular weight is 167 g/mol. The SMILES string of the molecule is C=CC(=O)C(C)(N)C(F)(F)F. The first kappa shape index (κ1) is 10.2. The lowest BCUT2D eigenvalue weighted by Gasteiger charge is -2.24. The molecule has 0 aliphatic carbocycles. The minimum Gasteiger partial charge on any atom is -0.311 e. The van der Waals surface area contributed by atoms with E-state index in [1.54, 1.807) is 0 Å². The molecule has 1 unspecified atom stereocenters. The molecular formula is C6H8F3NO. The Kier molecular flexibility index (Phi) is 2.45. The number of carbonyl (C=O) groups is 1. The van der Waals surface area contributed by atoms with Gasteiger partial charge in [0, 0.05) is 0 Å². The van der Waals surface area contributed by atoms with Gasteiger partial charge in [0.25, 0.3) is 0 Å². The topological polar surface area (TPSA) is 43.1 Å². The molecule has 0 heterocycles. The molecule has 0 fully saturated rings. The maximum absolute atomic E-state index is 11.9. The third-order valence-corrected chi connectivity index (χ3v) is 1.29. The number of hydrogen-bond acceptors (Lipinski definition) is 2. The number of halogens is 3. The molecular weight excluding hydrogens is 159 g/mol. The molecule has 64 valence electrons. The highest BCUT2D eigenvalue weighted by molar-refractivity contribution is 5.97. The Morgan fingerprint density at radius 3 is 2.00 bits per heavy atom. The first-order valence-corrected chi connectivity index (χ1v) is 2.76. The minimum absolute atomic E-state index is 0.563. The fraction of sp³-hybridized carbons (Fsp3) is 0.500. The summed E-state index contributed by atoms with van der Waals surface area (Å²) in [6.45, 7) is 3.52. The molecule has 0 rings (SSSR count). The number of alkyl halides is 3. The van der Waals surface area contributed by atoms with Gasteiger partial charge in [-0.05, 0) is 13.0 Å². The molecule has 1 atom stereocenters. The lowest BCUT2D eigenvalue weighted by molar-refractivity contribution is -0.183. The van der Waals surface area contributed by atoms with E-state index in [0.29, 0.717) is 13.0 Å². The van der Waals surface area contributed by atoms with Crippen molar-refractivity contribution in [3.05, 3.63) is 12.7 Å². The molecule has 0 aliphatic heterocycles. The average Bonchev–Trinajstić information content (AvgIpc) is 1.83. The van der Waals surface area contributed by atoms with Crippen molar-refractivity contribution in [1.29, 1.82) is 0 Å². The maximum Gasteiger partial charge on any atom is 0.413 e. The Bertz CT molecular complexity index is 183. The Morgan fingerprint density at radius 2 is 1.91 bits per heavy atom. The number of hydrogen-bond donors (Lipinski definition) is 1. The van der Waals surface area contributed by atoms with Crippen molar-refractivity contribution < 1.29 is 18.0 Å². The van der Waals surface area contributed by atoms with Gasteiger partial charge >= 0.3 is 6.18 Å². The lowest BCUT2D eigenvalue weighted by atomic mass is 9.97. The molecule has 0 aromatic rings. The Hall–Kier alpha value is -0.840. The first-order valence-electron chi connectivity index (χ1n) is 2.76. The summed E-state index contributed by atoms with van der Waals surface area (Å²) in [6, 6.07) is 0. The van der Waals surface area contributed by atoms with Gasteiger partial charge in [0.2, 0.25) is 0 Å². The molecule has 0 radical (unpaired) electrons. The van der Waals surface area contributed by atoms with Crippen LogP contribution >= 0.6 is 0 Å².